The van der Waals surface area contributed by atoms with Gasteiger partial charge in [-0.05, 0) is 24.0 Å². The standard InChI is InChI=1S/C11H17BN2O2/c1-9-2-3-10(8-11(9)13)12-15-6-4-14-5-7-16-12/h2-3,8,14H,4-7,13H2,1H3. The van der Waals surface area contributed by atoms with Crippen LogP contribution in [0.25, 0.3) is 0 Å². The van der Waals surface area contributed by atoms with E-state index in [1.54, 1.807) is 0 Å². The molecule has 0 atom stereocenters. The largest absolute Gasteiger partial charge is 0.494 e. The van der Waals surface area contributed by atoms with E-state index in [0.29, 0.717) is 13.2 Å². The van der Waals surface area contributed by atoms with Crippen molar-refractivity contribution in [3.63, 3.8) is 0 Å². The van der Waals surface area contributed by atoms with Crippen molar-refractivity contribution in [2.75, 3.05) is 32.0 Å². The van der Waals surface area contributed by atoms with Gasteiger partial charge in [-0.25, -0.2) is 0 Å². The second-order valence-corrected chi connectivity index (χ2v) is 3.94. The normalized spacial score (nSPS) is 17.9. The van der Waals surface area contributed by atoms with Gasteiger partial charge in [-0.3, -0.25) is 0 Å². The molecule has 5 heteroatoms. The van der Waals surface area contributed by atoms with E-state index >= 15 is 0 Å². The lowest BCUT2D eigenvalue weighted by molar-refractivity contribution is 0.187. The molecule has 1 aromatic rings. The number of aryl methyl sites for hydroxylation is 1. The van der Waals surface area contributed by atoms with E-state index in [1.807, 2.05) is 25.1 Å². The molecular weight excluding hydrogens is 203 g/mol. The predicted molar refractivity (Wildman–Crippen MR) is 65.8 cm³/mol. The van der Waals surface area contributed by atoms with Crippen molar-refractivity contribution in [2.24, 2.45) is 0 Å². The van der Waals surface area contributed by atoms with Gasteiger partial charge in [0.2, 0.25) is 0 Å². The van der Waals surface area contributed by atoms with E-state index in [9.17, 15) is 0 Å². The van der Waals surface area contributed by atoms with Gasteiger partial charge < -0.3 is 20.4 Å². The lowest BCUT2D eigenvalue weighted by Crippen LogP contribution is -2.43. The second-order valence-electron chi connectivity index (χ2n) is 3.94. The highest BCUT2D eigenvalue weighted by Gasteiger charge is 2.22. The quantitative estimate of drug-likeness (QED) is 0.513. The number of nitrogens with two attached hydrogens (primary N) is 1. The molecule has 86 valence electrons. The van der Waals surface area contributed by atoms with Crippen LogP contribution >= 0.6 is 0 Å². The fourth-order valence-electron chi connectivity index (χ4n) is 1.65. The summed E-state index contributed by atoms with van der Waals surface area (Å²) in [5, 5.41) is 3.21. The van der Waals surface area contributed by atoms with E-state index < -0.39 is 0 Å². The fourth-order valence-corrected chi connectivity index (χ4v) is 1.65. The van der Waals surface area contributed by atoms with Crippen molar-refractivity contribution < 1.29 is 9.31 Å². The Morgan fingerprint density at radius 3 is 2.56 bits per heavy atom. The molecule has 0 aromatic heterocycles. The summed E-state index contributed by atoms with van der Waals surface area (Å²) in [7, 11) is -0.287. The summed E-state index contributed by atoms with van der Waals surface area (Å²) < 4.78 is 11.2. The van der Waals surface area contributed by atoms with Gasteiger partial charge in [-0.1, -0.05) is 12.1 Å². The number of benzene rings is 1. The van der Waals surface area contributed by atoms with E-state index in [4.69, 9.17) is 15.0 Å². The Bertz CT molecular complexity index is 352. The SMILES string of the molecule is Cc1ccc(B2OCCNCCO2)cc1N. The summed E-state index contributed by atoms with van der Waals surface area (Å²) in [4.78, 5) is 0. The molecule has 1 aliphatic rings. The molecule has 1 heterocycles. The van der Waals surface area contributed by atoms with E-state index in [0.717, 1.165) is 29.8 Å². The lowest BCUT2D eigenvalue weighted by Gasteiger charge is -2.19. The van der Waals surface area contributed by atoms with Gasteiger partial charge in [0.1, 0.15) is 0 Å². The lowest BCUT2D eigenvalue weighted by atomic mass is 9.78. The van der Waals surface area contributed by atoms with Crippen molar-refractivity contribution in [1.29, 1.82) is 0 Å². The number of hydrogen-bond acceptors (Lipinski definition) is 4. The molecule has 3 N–H and O–H groups in total. The number of hydrogen-bond donors (Lipinski definition) is 2. The highest BCUT2D eigenvalue weighted by Crippen LogP contribution is 2.08. The molecule has 0 amide bonds. The molecule has 1 fully saturated rings. The third kappa shape index (κ3) is 2.75. The van der Waals surface area contributed by atoms with Gasteiger partial charge in [-0.2, -0.15) is 0 Å². The van der Waals surface area contributed by atoms with Crippen molar-refractivity contribution in [3.05, 3.63) is 23.8 Å². The molecule has 1 aromatic carbocycles. The Kier molecular flexibility index (Phi) is 3.82. The molecule has 0 bridgehead atoms. The predicted octanol–water partition coefficient (Wildman–Crippen LogP) is -0.0912. The van der Waals surface area contributed by atoms with Crippen LogP contribution < -0.4 is 16.5 Å². The summed E-state index contributed by atoms with van der Waals surface area (Å²) >= 11 is 0. The summed E-state index contributed by atoms with van der Waals surface area (Å²) in [6, 6.07) is 5.93. The Morgan fingerprint density at radius 2 is 1.94 bits per heavy atom. The number of rotatable bonds is 1. The topological polar surface area (TPSA) is 56.5 Å². The van der Waals surface area contributed by atoms with Gasteiger partial charge in [-0.15, -0.1) is 0 Å². The maximum Gasteiger partial charge on any atom is 0.494 e. The Labute approximate surface area is 96.3 Å². The van der Waals surface area contributed by atoms with E-state index in [1.165, 1.54) is 0 Å². The van der Waals surface area contributed by atoms with Gasteiger partial charge >= 0.3 is 7.12 Å². The molecule has 0 unspecified atom stereocenters. The van der Waals surface area contributed by atoms with Crippen LogP contribution in [0.15, 0.2) is 18.2 Å². The first-order chi connectivity index (χ1) is 7.77. The summed E-state index contributed by atoms with van der Waals surface area (Å²) in [5.74, 6) is 0. The molecule has 0 aliphatic carbocycles. The van der Waals surface area contributed by atoms with Crippen LogP contribution in [0, 0.1) is 6.92 Å². The van der Waals surface area contributed by atoms with Gasteiger partial charge in [0.15, 0.2) is 0 Å². The van der Waals surface area contributed by atoms with Gasteiger partial charge in [0.05, 0.1) is 0 Å². The zero-order valence-corrected chi connectivity index (χ0v) is 9.53. The smallest absolute Gasteiger partial charge is 0.406 e. The third-order valence-electron chi connectivity index (χ3n) is 2.67. The molecule has 4 nitrogen and oxygen atoms in total. The fraction of sp³-hybridized carbons (Fsp3) is 0.455. The average Bonchev–Trinajstić information content (AvgIpc) is 2.22. The Balaban J connectivity index is 2.11. The van der Waals surface area contributed by atoms with Crippen molar-refractivity contribution in [3.8, 4) is 0 Å². The zero-order valence-electron chi connectivity index (χ0n) is 9.53. The average molecular weight is 220 g/mol. The van der Waals surface area contributed by atoms with Crippen molar-refractivity contribution >= 4 is 18.3 Å². The van der Waals surface area contributed by atoms with Gasteiger partial charge in [0, 0.05) is 32.0 Å². The molecule has 1 saturated heterocycles. The van der Waals surface area contributed by atoms with Crippen LogP contribution in [0.1, 0.15) is 5.56 Å². The molecule has 0 spiro atoms. The van der Waals surface area contributed by atoms with Crippen LogP contribution in [-0.4, -0.2) is 33.4 Å². The van der Waals surface area contributed by atoms with E-state index in [2.05, 4.69) is 5.32 Å². The van der Waals surface area contributed by atoms with Crippen molar-refractivity contribution in [2.45, 2.75) is 6.92 Å². The first kappa shape index (κ1) is 11.5. The second kappa shape index (κ2) is 5.34. The first-order valence-electron chi connectivity index (χ1n) is 5.57. The zero-order chi connectivity index (χ0) is 11.4. The number of anilines is 1. The Morgan fingerprint density at radius 1 is 1.25 bits per heavy atom. The van der Waals surface area contributed by atoms with Crippen LogP contribution in [0.3, 0.4) is 0 Å². The van der Waals surface area contributed by atoms with Crippen LogP contribution in [0.5, 0.6) is 0 Å². The Hall–Kier alpha value is -1.04. The molecule has 0 saturated carbocycles. The maximum absolute atomic E-state index is 5.87. The number of nitrogen functional groups attached to an aromatic ring is 1. The minimum absolute atomic E-state index is 0.287. The number of nitrogens with one attached hydrogen (secondary N) is 1. The van der Waals surface area contributed by atoms with E-state index in [-0.39, 0.29) is 7.12 Å². The molecular formula is C11H17BN2O2. The highest BCUT2D eigenvalue weighted by atomic mass is 16.6. The minimum atomic E-state index is -0.287. The summed E-state index contributed by atoms with van der Waals surface area (Å²) in [6.45, 7) is 5.02. The molecule has 2 rings (SSSR count). The summed E-state index contributed by atoms with van der Waals surface area (Å²) in [5.41, 5.74) is 8.73. The van der Waals surface area contributed by atoms with Crippen LogP contribution in [-0.2, 0) is 9.31 Å². The summed E-state index contributed by atoms with van der Waals surface area (Å²) in [6.07, 6.45) is 0. The van der Waals surface area contributed by atoms with Crippen molar-refractivity contribution in [1.82, 2.24) is 5.32 Å². The molecule has 1 aliphatic heterocycles. The van der Waals surface area contributed by atoms with Crippen LogP contribution in [0.2, 0.25) is 0 Å². The molecule has 16 heavy (non-hydrogen) atoms. The molecule has 0 radical (unpaired) electrons. The monoisotopic (exact) mass is 220 g/mol. The first-order valence-corrected chi connectivity index (χ1v) is 5.57. The minimum Gasteiger partial charge on any atom is -0.406 e. The highest BCUT2D eigenvalue weighted by molar-refractivity contribution is 6.61. The maximum atomic E-state index is 5.87. The third-order valence-corrected chi connectivity index (χ3v) is 2.67. The van der Waals surface area contributed by atoms with Gasteiger partial charge in [0.25, 0.3) is 0 Å². The van der Waals surface area contributed by atoms with Crippen LogP contribution in [0.4, 0.5) is 5.69 Å².